The summed E-state index contributed by atoms with van der Waals surface area (Å²) in [6.07, 6.45) is 2.81. The Morgan fingerprint density at radius 3 is 2.19 bits per heavy atom. The van der Waals surface area contributed by atoms with Gasteiger partial charge in [0.05, 0.1) is 12.5 Å². The molecule has 3 rings (SSSR count). The third-order valence-electron chi connectivity index (χ3n) is 5.03. The summed E-state index contributed by atoms with van der Waals surface area (Å²) in [6.45, 7) is 2.57. The zero-order chi connectivity index (χ0) is 18.6. The molecule has 26 heavy (non-hydrogen) atoms. The summed E-state index contributed by atoms with van der Waals surface area (Å²) in [5.41, 5.74) is 1.87. The maximum Gasteiger partial charge on any atom is 0.255 e. The average Bonchev–Trinajstić information content (AvgIpc) is 2.62. The average molecular weight is 352 g/mol. The Morgan fingerprint density at radius 1 is 1.04 bits per heavy atom. The van der Waals surface area contributed by atoms with Crippen molar-refractivity contribution in [2.24, 2.45) is 0 Å². The molecule has 2 aromatic carbocycles. The highest BCUT2D eigenvalue weighted by atomic mass is 16.5. The van der Waals surface area contributed by atoms with E-state index in [1.807, 2.05) is 31.2 Å². The number of likely N-dealkylation sites (N-methyl/N-ethyl adjacent to an activating group) is 1. The molecule has 2 amide bonds. The molecule has 0 heterocycles. The lowest BCUT2D eigenvalue weighted by atomic mass is 9.64. The number of rotatable bonds is 6. The van der Waals surface area contributed by atoms with E-state index in [0.29, 0.717) is 23.5 Å². The number of benzene rings is 2. The van der Waals surface area contributed by atoms with Crippen molar-refractivity contribution in [1.82, 2.24) is 5.32 Å². The highest BCUT2D eigenvalue weighted by molar-refractivity contribution is 6.04. The summed E-state index contributed by atoms with van der Waals surface area (Å²) >= 11 is 0. The molecule has 136 valence electrons. The van der Waals surface area contributed by atoms with E-state index in [2.05, 4.69) is 10.6 Å². The Hall–Kier alpha value is -2.82. The first kappa shape index (κ1) is 18.0. The van der Waals surface area contributed by atoms with Crippen molar-refractivity contribution < 1.29 is 14.3 Å². The van der Waals surface area contributed by atoms with Crippen LogP contribution in [0.2, 0.25) is 0 Å². The lowest BCUT2D eigenvalue weighted by molar-refractivity contribution is -0.129. The van der Waals surface area contributed by atoms with Gasteiger partial charge in [-0.15, -0.1) is 0 Å². The Bertz CT molecular complexity index is 778. The molecular formula is C21H24N2O3. The quantitative estimate of drug-likeness (QED) is 0.836. The molecule has 5 heteroatoms. The van der Waals surface area contributed by atoms with E-state index in [0.717, 1.165) is 24.8 Å². The van der Waals surface area contributed by atoms with Gasteiger partial charge in [-0.3, -0.25) is 9.59 Å². The SMILES string of the molecule is CCNC(=O)C1(c2ccc(NC(=O)c3ccc(OC)cc3)cc2)CCC1. The summed E-state index contributed by atoms with van der Waals surface area (Å²) in [6, 6.07) is 14.6. The van der Waals surface area contributed by atoms with Gasteiger partial charge in [-0.05, 0) is 61.7 Å². The van der Waals surface area contributed by atoms with Crippen molar-refractivity contribution in [3.05, 3.63) is 59.7 Å². The molecule has 0 bridgehead atoms. The van der Waals surface area contributed by atoms with Gasteiger partial charge in [0.1, 0.15) is 5.75 Å². The predicted octanol–water partition coefficient (Wildman–Crippen LogP) is 3.51. The maximum absolute atomic E-state index is 12.5. The lowest BCUT2D eigenvalue weighted by Gasteiger charge is -2.40. The van der Waals surface area contributed by atoms with Crippen LogP contribution < -0.4 is 15.4 Å². The molecule has 2 aromatic rings. The summed E-state index contributed by atoms with van der Waals surface area (Å²) < 4.78 is 5.10. The smallest absolute Gasteiger partial charge is 0.255 e. The summed E-state index contributed by atoms with van der Waals surface area (Å²) in [5, 5.41) is 5.83. The van der Waals surface area contributed by atoms with Crippen molar-refractivity contribution in [3.8, 4) is 5.75 Å². The molecule has 0 atom stereocenters. The highest BCUT2D eigenvalue weighted by Crippen LogP contribution is 2.44. The summed E-state index contributed by atoms with van der Waals surface area (Å²) in [7, 11) is 1.59. The fourth-order valence-electron chi connectivity index (χ4n) is 3.33. The molecule has 1 aliphatic rings. The van der Waals surface area contributed by atoms with E-state index >= 15 is 0 Å². The van der Waals surface area contributed by atoms with Crippen LogP contribution in [0, 0.1) is 0 Å². The number of hydrogen-bond acceptors (Lipinski definition) is 3. The molecule has 0 spiro atoms. The van der Waals surface area contributed by atoms with Crippen LogP contribution in [0.25, 0.3) is 0 Å². The first-order valence-electron chi connectivity index (χ1n) is 8.93. The van der Waals surface area contributed by atoms with Crippen LogP contribution >= 0.6 is 0 Å². The van der Waals surface area contributed by atoms with Crippen LogP contribution in [0.3, 0.4) is 0 Å². The van der Waals surface area contributed by atoms with Gasteiger partial charge in [0.15, 0.2) is 0 Å². The van der Waals surface area contributed by atoms with Crippen molar-refractivity contribution >= 4 is 17.5 Å². The summed E-state index contributed by atoms with van der Waals surface area (Å²) in [4.78, 5) is 24.8. The molecule has 0 unspecified atom stereocenters. The van der Waals surface area contributed by atoms with E-state index in [-0.39, 0.29) is 11.8 Å². The molecule has 0 aliphatic heterocycles. The van der Waals surface area contributed by atoms with E-state index in [9.17, 15) is 9.59 Å². The number of carbonyl (C=O) groups excluding carboxylic acids is 2. The van der Waals surface area contributed by atoms with E-state index in [1.165, 1.54) is 0 Å². The van der Waals surface area contributed by atoms with Crippen LogP contribution in [-0.2, 0) is 10.2 Å². The second-order valence-corrected chi connectivity index (χ2v) is 6.56. The Labute approximate surface area is 153 Å². The third kappa shape index (κ3) is 3.43. The van der Waals surface area contributed by atoms with Crippen LogP contribution in [0.1, 0.15) is 42.1 Å². The topological polar surface area (TPSA) is 67.4 Å². The van der Waals surface area contributed by atoms with E-state index in [4.69, 9.17) is 4.74 Å². The minimum Gasteiger partial charge on any atom is -0.497 e. The Kier molecular flexibility index (Phi) is 5.26. The van der Waals surface area contributed by atoms with Gasteiger partial charge in [0, 0.05) is 17.8 Å². The first-order valence-corrected chi connectivity index (χ1v) is 8.93. The number of hydrogen-bond donors (Lipinski definition) is 2. The molecule has 1 saturated carbocycles. The summed E-state index contributed by atoms with van der Waals surface area (Å²) in [5.74, 6) is 0.630. The minimum absolute atomic E-state index is 0.0984. The zero-order valence-corrected chi connectivity index (χ0v) is 15.2. The van der Waals surface area contributed by atoms with Gasteiger partial charge in [0.25, 0.3) is 5.91 Å². The van der Waals surface area contributed by atoms with Crippen molar-refractivity contribution in [2.45, 2.75) is 31.6 Å². The van der Waals surface area contributed by atoms with E-state index < -0.39 is 5.41 Å². The number of ether oxygens (including phenoxy) is 1. The maximum atomic E-state index is 12.5. The Morgan fingerprint density at radius 2 is 1.69 bits per heavy atom. The standard InChI is InChI=1S/C21H24N2O3/c1-3-22-20(25)21(13-4-14-21)16-7-9-17(10-8-16)23-19(24)15-5-11-18(26-2)12-6-15/h5-12H,3-4,13-14H2,1-2H3,(H,22,25)(H,23,24). The van der Waals surface area contributed by atoms with Gasteiger partial charge in [-0.2, -0.15) is 0 Å². The number of anilines is 1. The second kappa shape index (κ2) is 7.60. The van der Waals surface area contributed by atoms with Crippen molar-refractivity contribution in [2.75, 3.05) is 19.0 Å². The predicted molar refractivity (Wildman–Crippen MR) is 102 cm³/mol. The normalized spacial score (nSPS) is 14.8. The van der Waals surface area contributed by atoms with Gasteiger partial charge in [0.2, 0.25) is 5.91 Å². The van der Waals surface area contributed by atoms with Crippen molar-refractivity contribution in [3.63, 3.8) is 0 Å². The molecule has 5 nitrogen and oxygen atoms in total. The largest absolute Gasteiger partial charge is 0.497 e. The number of methoxy groups -OCH3 is 1. The number of nitrogens with one attached hydrogen (secondary N) is 2. The van der Waals surface area contributed by atoms with Crippen LogP contribution in [0.4, 0.5) is 5.69 Å². The van der Waals surface area contributed by atoms with Gasteiger partial charge in [-0.25, -0.2) is 0 Å². The number of amides is 2. The van der Waals surface area contributed by atoms with Gasteiger partial charge >= 0.3 is 0 Å². The first-order chi connectivity index (χ1) is 12.6. The highest BCUT2D eigenvalue weighted by Gasteiger charge is 2.45. The molecule has 1 fully saturated rings. The third-order valence-corrected chi connectivity index (χ3v) is 5.03. The van der Waals surface area contributed by atoms with E-state index in [1.54, 1.807) is 31.4 Å². The van der Waals surface area contributed by atoms with Gasteiger partial charge in [-0.1, -0.05) is 18.6 Å². The van der Waals surface area contributed by atoms with Crippen molar-refractivity contribution in [1.29, 1.82) is 0 Å². The fourth-order valence-corrected chi connectivity index (χ4v) is 3.33. The molecule has 1 aliphatic carbocycles. The minimum atomic E-state index is -0.408. The molecule has 0 radical (unpaired) electrons. The second-order valence-electron chi connectivity index (χ2n) is 6.56. The van der Waals surface area contributed by atoms with Crippen LogP contribution in [0.15, 0.2) is 48.5 Å². The fraction of sp³-hybridized carbons (Fsp3) is 0.333. The Balaban J connectivity index is 1.71. The molecule has 2 N–H and O–H groups in total. The monoisotopic (exact) mass is 352 g/mol. The lowest BCUT2D eigenvalue weighted by Crippen LogP contribution is -2.49. The molecule has 0 aromatic heterocycles. The number of carbonyl (C=O) groups is 2. The molecule has 0 saturated heterocycles. The molecular weight excluding hydrogens is 328 g/mol. The van der Waals surface area contributed by atoms with Gasteiger partial charge < -0.3 is 15.4 Å². The van der Waals surface area contributed by atoms with Crippen LogP contribution in [0.5, 0.6) is 5.75 Å². The van der Waals surface area contributed by atoms with Crippen LogP contribution in [-0.4, -0.2) is 25.5 Å². The zero-order valence-electron chi connectivity index (χ0n) is 15.2.